The lowest BCUT2D eigenvalue weighted by molar-refractivity contribution is 0.290. The number of para-hydroxylation sites is 2. The van der Waals surface area contributed by atoms with E-state index in [0.29, 0.717) is 6.04 Å². The summed E-state index contributed by atoms with van der Waals surface area (Å²) in [5.74, 6) is 0.983. The number of hydrogen-bond acceptors (Lipinski definition) is 6. The Morgan fingerprint density at radius 3 is 2.82 bits per heavy atom. The summed E-state index contributed by atoms with van der Waals surface area (Å²) in [5, 5.41) is 9.35. The number of amidine groups is 1. The largest absolute Gasteiger partial charge is 0.352 e. The van der Waals surface area contributed by atoms with Crippen molar-refractivity contribution in [3.63, 3.8) is 0 Å². The molecular weight excluding hydrogens is 366 g/mol. The molecule has 3 aromatic rings. The van der Waals surface area contributed by atoms with E-state index in [1.54, 1.807) is 11.3 Å². The van der Waals surface area contributed by atoms with Crippen LogP contribution in [0.15, 0.2) is 59.6 Å². The standard InChI is InChI=1S/C22H23N5S/c1-15-24-20-21(25-18-9-5-6-10-19(18)26-22(20)28-15)27-12-11-23-17(14-27)13-16-7-3-2-4-8-16/h2-10,17,23,26H,11-14H2,1H3. The number of aryl methyl sites for hydroxylation is 1. The minimum absolute atomic E-state index is 0.397. The predicted molar refractivity (Wildman–Crippen MR) is 116 cm³/mol. The van der Waals surface area contributed by atoms with Crippen molar-refractivity contribution >= 4 is 33.5 Å². The van der Waals surface area contributed by atoms with E-state index in [1.807, 2.05) is 12.1 Å². The van der Waals surface area contributed by atoms with Crippen LogP contribution in [0.25, 0.3) is 0 Å². The molecule has 142 valence electrons. The molecule has 5 rings (SSSR count). The average Bonchev–Trinajstić information content (AvgIpc) is 3.00. The fourth-order valence-electron chi connectivity index (χ4n) is 3.90. The Kier molecular flexibility index (Phi) is 4.58. The van der Waals surface area contributed by atoms with Gasteiger partial charge in [0.15, 0.2) is 5.84 Å². The second-order valence-electron chi connectivity index (χ2n) is 7.27. The molecule has 2 aliphatic rings. The van der Waals surface area contributed by atoms with Gasteiger partial charge >= 0.3 is 0 Å². The van der Waals surface area contributed by atoms with Crippen LogP contribution in [0.2, 0.25) is 0 Å². The topological polar surface area (TPSA) is 52.6 Å². The van der Waals surface area contributed by atoms with Crippen molar-refractivity contribution in [2.24, 2.45) is 4.99 Å². The number of hydrogen-bond donors (Lipinski definition) is 2. The van der Waals surface area contributed by atoms with Crippen molar-refractivity contribution in [3.05, 3.63) is 70.9 Å². The number of fused-ring (bicyclic) bond motifs is 2. The summed E-state index contributed by atoms with van der Waals surface area (Å²) in [6.45, 7) is 4.86. The molecule has 3 heterocycles. The molecule has 28 heavy (non-hydrogen) atoms. The highest BCUT2D eigenvalue weighted by Crippen LogP contribution is 2.37. The number of rotatable bonds is 2. The van der Waals surface area contributed by atoms with E-state index in [4.69, 9.17) is 9.98 Å². The molecule has 0 radical (unpaired) electrons. The number of benzene rings is 2. The molecule has 1 fully saturated rings. The summed E-state index contributed by atoms with van der Waals surface area (Å²) in [7, 11) is 0. The number of thiazole rings is 1. The van der Waals surface area contributed by atoms with Crippen LogP contribution < -0.4 is 10.6 Å². The zero-order valence-corrected chi connectivity index (χ0v) is 16.7. The van der Waals surface area contributed by atoms with Crippen LogP contribution in [0.1, 0.15) is 16.3 Å². The molecule has 5 nitrogen and oxygen atoms in total. The lowest BCUT2D eigenvalue weighted by Crippen LogP contribution is -2.53. The van der Waals surface area contributed by atoms with Gasteiger partial charge in [0, 0.05) is 25.7 Å². The first kappa shape index (κ1) is 17.4. The summed E-state index contributed by atoms with van der Waals surface area (Å²) in [4.78, 5) is 12.3. The Balaban J connectivity index is 1.47. The molecule has 2 N–H and O–H groups in total. The third-order valence-corrected chi connectivity index (χ3v) is 6.09. The van der Waals surface area contributed by atoms with Gasteiger partial charge < -0.3 is 15.5 Å². The van der Waals surface area contributed by atoms with Crippen molar-refractivity contribution in [1.82, 2.24) is 15.2 Å². The molecule has 0 spiro atoms. The Bertz CT molecular complexity index is 1010. The fourth-order valence-corrected chi connectivity index (χ4v) is 4.73. The van der Waals surface area contributed by atoms with Crippen molar-refractivity contribution < 1.29 is 0 Å². The lowest BCUT2D eigenvalue weighted by atomic mass is 10.0. The lowest BCUT2D eigenvalue weighted by Gasteiger charge is -2.35. The van der Waals surface area contributed by atoms with Crippen LogP contribution in [0, 0.1) is 6.92 Å². The monoisotopic (exact) mass is 389 g/mol. The second kappa shape index (κ2) is 7.37. The van der Waals surface area contributed by atoms with Crippen molar-refractivity contribution in [3.8, 4) is 0 Å². The van der Waals surface area contributed by atoms with Gasteiger partial charge in [0.05, 0.1) is 16.4 Å². The summed E-state index contributed by atoms with van der Waals surface area (Å²) in [6.07, 6.45) is 1.02. The van der Waals surface area contributed by atoms with E-state index in [-0.39, 0.29) is 0 Å². The molecule has 0 aliphatic carbocycles. The zero-order chi connectivity index (χ0) is 18.9. The Hall–Kier alpha value is -2.70. The van der Waals surface area contributed by atoms with E-state index in [2.05, 4.69) is 64.9 Å². The Morgan fingerprint density at radius 1 is 1.11 bits per heavy atom. The van der Waals surface area contributed by atoms with Crippen LogP contribution in [-0.4, -0.2) is 41.4 Å². The number of anilines is 2. The van der Waals surface area contributed by atoms with Gasteiger partial charge in [0.2, 0.25) is 0 Å². The van der Waals surface area contributed by atoms with Gasteiger partial charge in [-0.15, -0.1) is 11.3 Å². The highest BCUT2D eigenvalue weighted by molar-refractivity contribution is 7.16. The maximum absolute atomic E-state index is 5.06. The molecule has 2 aliphatic heterocycles. The minimum atomic E-state index is 0.397. The summed E-state index contributed by atoms with van der Waals surface area (Å²) < 4.78 is 0. The zero-order valence-electron chi connectivity index (χ0n) is 15.9. The predicted octanol–water partition coefficient (Wildman–Crippen LogP) is 4.10. The third kappa shape index (κ3) is 3.41. The van der Waals surface area contributed by atoms with E-state index in [1.165, 1.54) is 5.56 Å². The van der Waals surface area contributed by atoms with Gasteiger partial charge in [-0.25, -0.2) is 9.98 Å². The van der Waals surface area contributed by atoms with Crippen LogP contribution in [0.3, 0.4) is 0 Å². The van der Waals surface area contributed by atoms with Crippen LogP contribution in [0.5, 0.6) is 0 Å². The van der Waals surface area contributed by atoms with Crippen molar-refractivity contribution in [2.75, 3.05) is 25.0 Å². The maximum Gasteiger partial charge on any atom is 0.158 e. The Labute approximate surface area is 169 Å². The highest BCUT2D eigenvalue weighted by Gasteiger charge is 2.28. The molecular formula is C22H23N5S. The highest BCUT2D eigenvalue weighted by atomic mass is 32.1. The van der Waals surface area contributed by atoms with E-state index < -0.39 is 0 Å². The SMILES string of the molecule is Cc1nc2c(s1)Nc1ccccc1N=C2N1CCNC(Cc2ccccc2)C1. The smallest absolute Gasteiger partial charge is 0.158 e. The van der Waals surface area contributed by atoms with Gasteiger partial charge in [-0.05, 0) is 31.0 Å². The van der Waals surface area contributed by atoms with Gasteiger partial charge in [0.25, 0.3) is 0 Å². The van der Waals surface area contributed by atoms with Gasteiger partial charge in [-0.1, -0.05) is 42.5 Å². The number of aliphatic imine (C=N–C) groups is 1. The molecule has 0 bridgehead atoms. The first-order valence-corrected chi connectivity index (χ1v) is 10.5. The van der Waals surface area contributed by atoms with Crippen molar-refractivity contribution in [2.45, 2.75) is 19.4 Å². The Morgan fingerprint density at radius 2 is 1.93 bits per heavy atom. The third-order valence-electron chi connectivity index (χ3n) is 5.20. The van der Waals surface area contributed by atoms with Gasteiger partial charge in [-0.2, -0.15) is 0 Å². The first-order valence-electron chi connectivity index (χ1n) is 9.71. The molecule has 6 heteroatoms. The quantitative estimate of drug-likeness (QED) is 0.693. The average molecular weight is 390 g/mol. The van der Waals surface area contributed by atoms with Crippen LogP contribution in [0.4, 0.5) is 16.4 Å². The molecule has 1 aromatic heterocycles. The number of aromatic nitrogens is 1. The first-order chi connectivity index (χ1) is 13.8. The van der Waals surface area contributed by atoms with E-state index in [0.717, 1.165) is 59.0 Å². The van der Waals surface area contributed by atoms with Crippen molar-refractivity contribution in [1.29, 1.82) is 0 Å². The summed E-state index contributed by atoms with van der Waals surface area (Å²) in [5.41, 5.74) is 4.35. The van der Waals surface area contributed by atoms with Gasteiger partial charge in [-0.3, -0.25) is 0 Å². The van der Waals surface area contributed by atoms with Crippen LogP contribution >= 0.6 is 11.3 Å². The van der Waals surface area contributed by atoms with E-state index >= 15 is 0 Å². The fraction of sp³-hybridized carbons (Fsp3) is 0.273. The normalized spacial score (nSPS) is 18.5. The summed E-state index contributed by atoms with van der Waals surface area (Å²) in [6, 6.07) is 19.3. The molecule has 1 unspecified atom stereocenters. The summed E-state index contributed by atoms with van der Waals surface area (Å²) >= 11 is 1.69. The molecule has 1 saturated heterocycles. The van der Waals surface area contributed by atoms with Crippen LogP contribution in [-0.2, 0) is 6.42 Å². The second-order valence-corrected chi connectivity index (χ2v) is 8.48. The van der Waals surface area contributed by atoms with E-state index in [9.17, 15) is 0 Å². The number of nitrogens with one attached hydrogen (secondary N) is 2. The molecule has 2 aromatic carbocycles. The molecule has 1 atom stereocenters. The molecule has 0 saturated carbocycles. The number of nitrogens with zero attached hydrogens (tertiary/aromatic N) is 3. The minimum Gasteiger partial charge on any atom is -0.352 e. The number of piperazine rings is 1. The maximum atomic E-state index is 5.06. The molecule has 0 amide bonds. The van der Waals surface area contributed by atoms with Gasteiger partial charge in [0.1, 0.15) is 10.7 Å².